The summed E-state index contributed by atoms with van der Waals surface area (Å²) < 4.78 is 42.3. The summed E-state index contributed by atoms with van der Waals surface area (Å²) in [5.41, 5.74) is 3.16. The minimum atomic E-state index is -2.73. The van der Waals surface area contributed by atoms with Crippen LogP contribution < -0.4 is 0 Å². The third-order valence-electron chi connectivity index (χ3n) is 5.19. The quantitative estimate of drug-likeness (QED) is 0.550. The molecule has 0 saturated heterocycles. The fourth-order valence-electron chi connectivity index (χ4n) is 3.97. The fraction of sp³-hybridized carbons (Fsp3) is 0.300. The maximum atomic E-state index is 13.5. The van der Waals surface area contributed by atoms with Crippen LogP contribution >= 0.6 is 0 Å². The predicted molar refractivity (Wildman–Crippen MR) is 101 cm³/mol. The molecular weight excluding hydrogens is 381 g/mol. The standard InChI is InChI=1S/C20H17F3N6/c1-20(2)6-15-16(11-5-14(18(22)23)26-19-12(11)8-25-27-19)17(28-29(15)9-20)13-4-3-10(21)7-24-13/h3-5,7-8,18H,6,9H2,1-2H3,(H,25,26,27). The zero-order chi connectivity index (χ0) is 20.3. The number of halogens is 3. The highest BCUT2D eigenvalue weighted by atomic mass is 19.3. The highest BCUT2D eigenvalue weighted by molar-refractivity contribution is 5.97. The van der Waals surface area contributed by atoms with Crippen LogP contribution in [0.3, 0.4) is 0 Å². The van der Waals surface area contributed by atoms with Crippen molar-refractivity contribution in [2.75, 3.05) is 0 Å². The lowest BCUT2D eigenvalue weighted by molar-refractivity contribution is 0.146. The van der Waals surface area contributed by atoms with Gasteiger partial charge in [-0.1, -0.05) is 13.8 Å². The van der Waals surface area contributed by atoms with E-state index in [1.807, 2.05) is 4.68 Å². The van der Waals surface area contributed by atoms with E-state index >= 15 is 0 Å². The van der Waals surface area contributed by atoms with Crippen LogP contribution in [0, 0.1) is 11.2 Å². The molecule has 0 unspecified atom stereocenters. The minimum Gasteiger partial charge on any atom is -0.268 e. The average molecular weight is 398 g/mol. The first-order valence-electron chi connectivity index (χ1n) is 9.16. The first-order chi connectivity index (χ1) is 13.8. The Morgan fingerprint density at radius 3 is 2.76 bits per heavy atom. The predicted octanol–water partition coefficient (Wildman–Crippen LogP) is 4.54. The van der Waals surface area contributed by atoms with Crippen LogP contribution in [-0.2, 0) is 13.0 Å². The Bertz CT molecular complexity index is 1220. The van der Waals surface area contributed by atoms with Crippen LogP contribution in [0.5, 0.6) is 0 Å². The van der Waals surface area contributed by atoms with Crippen molar-refractivity contribution >= 4 is 11.0 Å². The third kappa shape index (κ3) is 2.88. The molecule has 1 aliphatic heterocycles. The van der Waals surface area contributed by atoms with E-state index in [0.717, 1.165) is 18.3 Å². The summed E-state index contributed by atoms with van der Waals surface area (Å²) >= 11 is 0. The Hall–Kier alpha value is -3.23. The van der Waals surface area contributed by atoms with Crippen molar-refractivity contribution in [2.24, 2.45) is 5.41 Å². The van der Waals surface area contributed by atoms with Crippen molar-refractivity contribution in [3.8, 4) is 22.5 Å². The Morgan fingerprint density at radius 2 is 2.03 bits per heavy atom. The number of pyridine rings is 2. The van der Waals surface area contributed by atoms with Gasteiger partial charge < -0.3 is 0 Å². The second-order valence-electron chi connectivity index (χ2n) is 8.06. The largest absolute Gasteiger partial charge is 0.280 e. The fourth-order valence-corrected chi connectivity index (χ4v) is 3.97. The SMILES string of the molecule is CC1(C)Cc2c(-c3cc(C(F)F)nc4[nH]ncc34)c(-c3ccc(F)cn3)nn2C1. The summed E-state index contributed by atoms with van der Waals surface area (Å²) in [7, 11) is 0. The molecule has 1 aliphatic rings. The van der Waals surface area contributed by atoms with Crippen molar-refractivity contribution in [3.63, 3.8) is 0 Å². The van der Waals surface area contributed by atoms with E-state index in [2.05, 4.69) is 34.0 Å². The zero-order valence-electron chi connectivity index (χ0n) is 15.7. The lowest BCUT2D eigenvalue weighted by atomic mass is 9.88. The molecule has 148 valence electrons. The van der Waals surface area contributed by atoms with Crippen molar-refractivity contribution in [2.45, 2.75) is 33.2 Å². The normalized spacial score (nSPS) is 15.4. The summed E-state index contributed by atoms with van der Waals surface area (Å²) in [6, 6.07) is 4.24. The van der Waals surface area contributed by atoms with Gasteiger partial charge in [-0.2, -0.15) is 10.2 Å². The van der Waals surface area contributed by atoms with Gasteiger partial charge in [-0.15, -0.1) is 0 Å². The molecule has 0 fully saturated rings. The molecule has 5 rings (SSSR count). The highest BCUT2D eigenvalue weighted by Gasteiger charge is 2.35. The maximum absolute atomic E-state index is 13.5. The van der Waals surface area contributed by atoms with Gasteiger partial charge in [0.2, 0.25) is 0 Å². The molecule has 4 aromatic heterocycles. The van der Waals surface area contributed by atoms with Gasteiger partial charge in [-0.25, -0.2) is 18.2 Å². The molecule has 0 radical (unpaired) electrons. The Kier molecular flexibility index (Phi) is 3.77. The average Bonchev–Trinajstić information content (AvgIpc) is 3.33. The number of nitrogens with one attached hydrogen (secondary N) is 1. The maximum Gasteiger partial charge on any atom is 0.280 e. The molecule has 0 atom stereocenters. The Balaban J connectivity index is 1.82. The molecule has 4 aromatic rings. The number of rotatable bonds is 3. The monoisotopic (exact) mass is 398 g/mol. The molecule has 0 aliphatic carbocycles. The van der Waals surface area contributed by atoms with Gasteiger partial charge in [0.1, 0.15) is 17.2 Å². The van der Waals surface area contributed by atoms with Gasteiger partial charge in [0.15, 0.2) is 5.65 Å². The first-order valence-corrected chi connectivity index (χ1v) is 9.16. The smallest absolute Gasteiger partial charge is 0.268 e. The third-order valence-corrected chi connectivity index (χ3v) is 5.19. The van der Waals surface area contributed by atoms with Crippen LogP contribution in [-0.4, -0.2) is 29.9 Å². The Morgan fingerprint density at radius 1 is 1.21 bits per heavy atom. The van der Waals surface area contributed by atoms with Crippen molar-refractivity contribution in [3.05, 3.63) is 47.8 Å². The van der Waals surface area contributed by atoms with E-state index in [1.54, 1.807) is 12.3 Å². The molecule has 6 nitrogen and oxygen atoms in total. The van der Waals surface area contributed by atoms with Crippen molar-refractivity contribution in [1.82, 2.24) is 29.9 Å². The topological polar surface area (TPSA) is 72.3 Å². The number of aromatic nitrogens is 6. The summed E-state index contributed by atoms with van der Waals surface area (Å²) in [5.74, 6) is -0.454. The molecule has 0 amide bonds. The van der Waals surface area contributed by atoms with Crippen LogP contribution in [0.2, 0.25) is 0 Å². The van der Waals surface area contributed by atoms with Crippen molar-refractivity contribution < 1.29 is 13.2 Å². The number of hydrogen-bond acceptors (Lipinski definition) is 4. The van der Waals surface area contributed by atoms with Gasteiger partial charge in [0.25, 0.3) is 6.43 Å². The highest BCUT2D eigenvalue weighted by Crippen LogP contribution is 2.44. The second kappa shape index (κ2) is 6.13. The molecule has 0 spiro atoms. The van der Waals surface area contributed by atoms with Gasteiger partial charge in [-0.3, -0.25) is 14.8 Å². The number of fused-ring (bicyclic) bond motifs is 2. The van der Waals surface area contributed by atoms with Gasteiger partial charge in [-0.05, 0) is 30.0 Å². The summed E-state index contributed by atoms with van der Waals surface area (Å²) in [6.07, 6.45) is 0.688. The molecule has 29 heavy (non-hydrogen) atoms. The van der Waals surface area contributed by atoms with Gasteiger partial charge >= 0.3 is 0 Å². The van der Waals surface area contributed by atoms with E-state index in [-0.39, 0.29) is 16.8 Å². The number of alkyl halides is 2. The van der Waals surface area contributed by atoms with Gasteiger partial charge in [0.05, 0.1) is 18.1 Å². The minimum absolute atomic E-state index is 0.0140. The van der Waals surface area contributed by atoms with Crippen LogP contribution in [0.4, 0.5) is 13.2 Å². The molecule has 5 heterocycles. The summed E-state index contributed by atoms with van der Waals surface area (Å²) in [4.78, 5) is 8.15. The molecule has 0 saturated carbocycles. The van der Waals surface area contributed by atoms with Crippen molar-refractivity contribution in [1.29, 1.82) is 0 Å². The lowest BCUT2D eigenvalue weighted by Gasteiger charge is -2.16. The molecule has 1 N–H and O–H groups in total. The zero-order valence-corrected chi connectivity index (χ0v) is 15.7. The van der Waals surface area contributed by atoms with Gasteiger partial charge in [0, 0.05) is 28.8 Å². The number of nitrogens with zero attached hydrogens (tertiary/aromatic N) is 5. The molecule has 9 heteroatoms. The van der Waals surface area contributed by atoms with E-state index in [4.69, 9.17) is 5.10 Å². The first kappa shape index (κ1) is 17.8. The second-order valence-corrected chi connectivity index (χ2v) is 8.06. The molecule has 0 bridgehead atoms. The number of hydrogen-bond donors (Lipinski definition) is 1. The van der Waals surface area contributed by atoms with E-state index < -0.39 is 12.2 Å². The molecular formula is C20H17F3N6. The number of aromatic amines is 1. The van der Waals surface area contributed by atoms with Crippen LogP contribution in [0.25, 0.3) is 33.5 Å². The van der Waals surface area contributed by atoms with E-state index in [9.17, 15) is 13.2 Å². The Labute approximate surface area is 163 Å². The van der Waals surface area contributed by atoms with E-state index in [0.29, 0.717) is 34.4 Å². The summed E-state index contributed by atoms with van der Waals surface area (Å²) in [6.45, 7) is 4.95. The van der Waals surface area contributed by atoms with Crippen LogP contribution in [0.1, 0.15) is 31.7 Å². The molecule has 0 aromatic carbocycles. The lowest BCUT2D eigenvalue weighted by Crippen LogP contribution is -2.13. The summed E-state index contributed by atoms with van der Waals surface area (Å²) in [5, 5.41) is 12.0. The van der Waals surface area contributed by atoms with E-state index in [1.165, 1.54) is 12.1 Å². The number of H-pyrrole nitrogens is 1. The van der Waals surface area contributed by atoms with Crippen LogP contribution in [0.15, 0.2) is 30.6 Å².